The maximum atomic E-state index is 12.1. The van der Waals surface area contributed by atoms with Gasteiger partial charge in [-0.25, -0.2) is 4.98 Å². The van der Waals surface area contributed by atoms with Crippen molar-refractivity contribution in [3.63, 3.8) is 0 Å². The molecule has 1 aromatic heterocycles. The largest absolute Gasteiger partial charge is 0.435 e. The van der Waals surface area contributed by atoms with Crippen molar-refractivity contribution >= 4 is 23.1 Å². The van der Waals surface area contributed by atoms with E-state index >= 15 is 0 Å². The van der Waals surface area contributed by atoms with Gasteiger partial charge in [0, 0.05) is 0 Å². The third-order valence-corrected chi connectivity index (χ3v) is 3.17. The monoisotopic (exact) mass is 314 g/mol. The molecule has 0 radical (unpaired) electrons. The summed E-state index contributed by atoms with van der Waals surface area (Å²) in [7, 11) is 0. The predicted molar refractivity (Wildman–Crippen MR) is 84.4 cm³/mol. The number of aromatic amines is 1. The molecule has 116 valence electrons. The Morgan fingerprint density at radius 2 is 1.78 bits per heavy atom. The number of nitrogens with one attached hydrogen (secondary N) is 1. The molecule has 0 saturated carbocycles. The van der Waals surface area contributed by atoms with Crippen molar-refractivity contribution in [2.75, 3.05) is 0 Å². The first-order valence-electron chi connectivity index (χ1n) is 6.84. The lowest BCUT2D eigenvalue weighted by Crippen LogP contribution is -2.09. The van der Waals surface area contributed by atoms with Gasteiger partial charge in [0.05, 0.1) is 10.9 Å². The van der Waals surface area contributed by atoms with E-state index in [9.17, 15) is 13.6 Å². The van der Waals surface area contributed by atoms with E-state index in [4.69, 9.17) is 0 Å². The van der Waals surface area contributed by atoms with Gasteiger partial charge in [0.2, 0.25) is 0 Å². The molecule has 0 aliphatic rings. The van der Waals surface area contributed by atoms with Gasteiger partial charge in [0.1, 0.15) is 11.6 Å². The van der Waals surface area contributed by atoms with Gasteiger partial charge >= 0.3 is 6.61 Å². The topological polar surface area (TPSA) is 55.0 Å². The van der Waals surface area contributed by atoms with Crippen LogP contribution in [-0.4, -0.2) is 16.6 Å². The third-order valence-electron chi connectivity index (χ3n) is 3.17. The molecule has 4 nitrogen and oxygen atoms in total. The van der Waals surface area contributed by atoms with Crippen LogP contribution >= 0.6 is 0 Å². The minimum Gasteiger partial charge on any atom is -0.435 e. The lowest BCUT2D eigenvalue weighted by Gasteiger charge is -2.03. The Morgan fingerprint density at radius 3 is 2.52 bits per heavy atom. The van der Waals surface area contributed by atoms with E-state index in [0.29, 0.717) is 16.7 Å². The van der Waals surface area contributed by atoms with Crippen molar-refractivity contribution in [3.05, 3.63) is 70.3 Å². The van der Waals surface area contributed by atoms with E-state index in [1.54, 1.807) is 42.5 Å². The highest BCUT2D eigenvalue weighted by atomic mass is 19.3. The molecule has 0 bridgehead atoms. The summed E-state index contributed by atoms with van der Waals surface area (Å²) in [5, 5.41) is 0.526. The summed E-state index contributed by atoms with van der Waals surface area (Å²) in [5.41, 5.74) is 1.16. The molecule has 0 atom stereocenters. The fourth-order valence-electron chi connectivity index (χ4n) is 2.12. The SMILES string of the molecule is O=c1[nH]c(/C=C/c2ccc(OC(F)F)cc2)nc2ccccc12. The van der Waals surface area contributed by atoms with Gasteiger partial charge < -0.3 is 9.72 Å². The molecule has 0 fully saturated rings. The van der Waals surface area contributed by atoms with Gasteiger partial charge in [-0.15, -0.1) is 0 Å². The number of hydrogen-bond acceptors (Lipinski definition) is 3. The second kappa shape index (κ2) is 6.39. The summed E-state index contributed by atoms with van der Waals surface area (Å²) < 4.78 is 28.4. The van der Waals surface area contributed by atoms with Gasteiger partial charge in [0.25, 0.3) is 5.56 Å². The van der Waals surface area contributed by atoms with Gasteiger partial charge in [-0.1, -0.05) is 30.3 Å². The van der Waals surface area contributed by atoms with Crippen LogP contribution < -0.4 is 10.3 Å². The zero-order chi connectivity index (χ0) is 16.2. The highest BCUT2D eigenvalue weighted by Gasteiger charge is 2.03. The number of rotatable bonds is 4. The van der Waals surface area contributed by atoms with Crippen molar-refractivity contribution < 1.29 is 13.5 Å². The Kier molecular flexibility index (Phi) is 4.14. The van der Waals surface area contributed by atoms with E-state index < -0.39 is 6.61 Å². The molecular formula is C17H12F2N2O2. The molecule has 1 heterocycles. The molecule has 2 aromatic carbocycles. The molecule has 3 rings (SSSR count). The van der Waals surface area contributed by atoms with Crippen molar-refractivity contribution in [1.82, 2.24) is 9.97 Å². The minimum atomic E-state index is -2.84. The fourth-order valence-corrected chi connectivity index (χ4v) is 2.12. The molecule has 0 spiro atoms. The molecule has 0 aliphatic heterocycles. The molecule has 1 N–H and O–H groups in total. The van der Waals surface area contributed by atoms with E-state index in [-0.39, 0.29) is 11.3 Å². The lowest BCUT2D eigenvalue weighted by atomic mass is 10.2. The van der Waals surface area contributed by atoms with E-state index in [1.807, 2.05) is 6.07 Å². The number of ether oxygens (including phenoxy) is 1. The van der Waals surface area contributed by atoms with Crippen LogP contribution in [0.15, 0.2) is 53.3 Å². The van der Waals surface area contributed by atoms with E-state index in [1.165, 1.54) is 12.1 Å². The second-order valence-electron chi connectivity index (χ2n) is 4.75. The average Bonchev–Trinajstić information content (AvgIpc) is 2.54. The van der Waals surface area contributed by atoms with Crippen LogP contribution in [-0.2, 0) is 0 Å². The average molecular weight is 314 g/mol. The number of alkyl halides is 2. The maximum absolute atomic E-state index is 12.1. The first-order valence-corrected chi connectivity index (χ1v) is 6.84. The second-order valence-corrected chi connectivity index (χ2v) is 4.75. The first-order chi connectivity index (χ1) is 11.1. The number of aromatic nitrogens is 2. The number of para-hydroxylation sites is 1. The molecule has 23 heavy (non-hydrogen) atoms. The number of H-pyrrole nitrogens is 1. The van der Waals surface area contributed by atoms with Crippen LogP contribution in [0.1, 0.15) is 11.4 Å². The Bertz CT molecular complexity index is 902. The number of hydrogen-bond donors (Lipinski definition) is 1. The van der Waals surface area contributed by atoms with Crippen molar-refractivity contribution in [1.29, 1.82) is 0 Å². The molecule has 0 saturated heterocycles. The Balaban J connectivity index is 1.84. The van der Waals surface area contributed by atoms with Crippen LogP contribution in [0.25, 0.3) is 23.1 Å². The quantitative estimate of drug-likeness (QED) is 0.799. The van der Waals surface area contributed by atoms with Crippen LogP contribution in [0, 0.1) is 0 Å². The standard InChI is InChI=1S/C17H12F2N2O2/c18-17(19)23-12-8-5-11(6-9-12)7-10-15-20-14-4-2-1-3-13(14)16(22)21-15/h1-10,17H,(H,20,21,22)/b10-7+. The van der Waals surface area contributed by atoms with Crippen LogP contribution in [0.2, 0.25) is 0 Å². The van der Waals surface area contributed by atoms with Gasteiger partial charge in [0.15, 0.2) is 0 Å². The highest BCUT2D eigenvalue weighted by Crippen LogP contribution is 2.16. The van der Waals surface area contributed by atoms with E-state index in [0.717, 1.165) is 5.56 Å². The normalized spacial score (nSPS) is 11.4. The van der Waals surface area contributed by atoms with Crippen molar-refractivity contribution in [2.45, 2.75) is 6.61 Å². The molecule has 0 unspecified atom stereocenters. The molecule has 0 amide bonds. The maximum Gasteiger partial charge on any atom is 0.387 e. The fraction of sp³-hybridized carbons (Fsp3) is 0.0588. The number of benzene rings is 2. The van der Waals surface area contributed by atoms with Crippen LogP contribution in [0.5, 0.6) is 5.75 Å². The summed E-state index contributed by atoms with van der Waals surface area (Å²) in [5.74, 6) is 0.510. The third kappa shape index (κ3) is 3.60. The molecular weight excluding hydrogens is 302 g/mol. The van der Waals surface area contributed by atoms with Gasteiger partial charge in [-0.05, 0) is 35.9 Å². The lowest BCUT2D eigenvalue weighted by molar-refractivity contribution is -0.0498. The van der Waals surface area contributed by atoms with Gasteiger partial charge in [-0.3, -0.25) is 4.79 Å². The highest BCUT2D eigenvalue weighted by molar-refractivity contribution is 5.79. The molecule has 0 aliphatic carbocycles. The summed E-state index contributed by atoms with van der Waals surface area (Å²) in [6.07, 6.45) is 3.37. The molecule has 3 aromatic rings. The minimum absolute atomic E-state index is 0.0920. The number of fused-ring (bicyclic) bond motifs is 1. The number of halogens is 2. The number of nitrogens with zero attached hydrogens (tertiary/aromatic N) is 1. The Morgan fingerprint density at radius 1 is 1.04 bits per heavy atom. The Labute approximate surface area is 130 Å². The van der Waals surface area contributed by atoms with Crippen LogP contribution in [0.4, 0.5) is 8.78 Å². The van der Waals surface area contributed by atoms with E-state index in [2.05, 4.69) is 14.7 Å². The zero-order valence-electron chi connectivity index (χ0n) is 11.9. The summed E-state index contributed by atoms with van der Waals surface area (Å²) in [4.78, 5) is 19.0. The summed E-state index contributed by atoms with van der Waals surface area (Å²) >= 11 is 0. The van der Waals surface area contributed by atoms with Gasteiger partial charge in [-0.2, -0.15) is 8.78 Å². The summed E-state index contributed by atoms with van der Waals surface area (Å²) in [6.45, 7) is -2.84. The smallest absolute Gasteiger partial charge is 0.387 e. The Hall–Kier alpha value is -3.02. The van der Waals surface area contributed by atoms with Crippen LogP contribution in [0.3, 0.4) is 0 Å². The molecule has 6 heteroatoms. The zero-order valence-corrected chi connectivity index (χ0v) is 11.9. The first kappa shape index (κ1) is 14.9. The van der Waals surface area contributed by atoms with Crippen molar-refractivity contribution in [3.8, 4) is 5.75 Å². The van der Waals surface area contributed by atoms with Crippen molar-refractivity contribution in [2.24, 2.45) is 0 Å². The summed E-state index contributed by atoms with van der Waals surface area (Å²) in [6, 6.07) is 13.2. The predicted octanol–water partition coefficient (Wildman–Crippen LogP) is 3.69.